The molecule has 0 spiro atoms. The summed E-state index contributed by atoms with van der Waals surface area (Å²) in [6.45, 7) is 4.17. The number of amides is 1. The zero-order chi connectivity index (χ0) is 18.5. The van der Waals surface area contributed by atoms with Crippen LogP contribution in [-0.4, -0.2) is 42.0 Å². The number of carbonyl (C=O) groups excluding carboxylic acids is 1. The molecule has 3 rings (SSSR count). The molecule has 1 fully saturated rings. The summed E-state index contributed by atoms with van der Waals surface area (Å²) in [5.41, 5.74) is 1.82. The highest BCUT2D eigenvalue weighted by Gasteiger charge is 2.15. The van der Waals surface area contributed by atoms with Crippen LogP contribution in [0.1, 0.15) is 15.9 Å². The molecule has 1 amide bonds. The fraction of sp³-hybridized carbons (Fsp3) is 0.278. The zero-order valence-corrected chi connectivity index (χ0v) is 14.7. The average molecular weight is 376 g/mol. The molecular formula is C18H18ClN3O4. The molecule has 1 saturated heterocycles. The van der Waals surface area contributed by atoms with E-state index in [2.05, 4.69) is 10.2 Å². The van der Waals surface area contributed by atoms with Crippen molar-refractivity contribution in [2.24, 2.45) is 0 Å². The van der Waals surface area contributed by atoms with Gasteiger partial charge in [-0.05, 0) is 23.8 Å². The lowest BCUT2D eigenvalue weighted by molar-refractivity contribution is -0.384. The van der Waals surface area contributed by atoms with Crippen LogP contribution in [0.5, 0.6) is 0 Å². The summed E-state index contributed by atoms with van der Waals surface area (Å²) in [5, 5.41) is 13.5. The Hall–Kier alpha value is -2.48. The van der Waals surface area contributed by atoms with E-state index in [1.807, 2.05) is 24.3 Å². The summed E-state index contributed by atoms with van der Waals surface area (Å²) in [6, 6.07) is 11.3. The van der Waals surface area contributed by atoms with Crippen LogP contribution in [0.4, 0.5) is 11.4 Å². The highest BCUT2D eigenvalue weighted by atomic mass is 35.5. The number of rotatable bonds is 5. The second-order valence-corrected chi connectivity index (χ2v) is 6.37. The lowest BCUT2D eigenvalue weighted by atomic mass is 10.1. The molecule has 26 heavy (non-hydrogen) atoms. The molecule has 0 aromatic heterocycles. The molecule has 0 bridgehead atoms. The number of non-ortho nitro benzene ring substituents is 1. The fourth-order valence-corrected chi connectivity index (χ4v) is 2.97. The molecular weight excluding hydrogens is 358 g/mol. The molecule has 0 radical (unpaired) electrons. The number of hydrogen-bond donors (Lipinski definition) is 1. The maximum Gasteiger partial charge on any atom is 0.270 e. The first-order valence-electron chi connectivity index (χ1n) is 8.17. The maximum atomic E-state index is 12.3. The Bertz CT molecular complexity index is 805. The van der Waals surface area contributed by atoms with Gasteiger partial charge in [0.1, 0.15) is 0 Å². The minimum Gasteiger partial charge on any atom is -0.379 e. The number of nitrogens with one attached hydrogen (secondary N) is 1. The molecule has 0 atom stereocenters. The Kier molecular flexibility index (Phi) is 5.82. The molecule has 1 N–H and O–H groups in total. The molecule has 0 saturated carbocycles. The van der Waals surface area contributed by atoms with Crippen molar-refractivity contribution in [2.45, 2.75) is 6.54 Å². The highest BCUT2D eigenvalue weighted by molar-refractivity contribution is 6.34. The number of morpholine rings is 1. The van der Waals surface area contributed by atoms with Gasteiger partial charge in [0.15, 0.2) is 0 Å². The zero-order valence-electron chi connectivity index (χ0n) is 14.0. The second kappa shape index (κ2) is 8.27. The van der Waals surface area contributed by atoms with Crippen LogP contribution in [0.2, 0.25) is 5.02 Å². The molecule has 0 unspecified atom stereocenters. The van der Waals surface area contributed by atoms with Gasteiger partial charge in [-0.2, -0.15) is 0 Å². The number of anilines is 1. The van der Waals surface area contributed by atoms with E-state index in [1.165, 1.54) is 18.2 Å². The van der Waals surface area contributed by atoms with Gasteiger partial charge in [-0.25, -0.2) is 0 Å². The molecule has 0 aliphatic carbocycles. The van der Waals surface area contributed by atoms with E-state index >= 15 is 0 Å². The third-order valence-electron chi connectivity index (χ3n) is 4.13. The van der Waals surface area contributed by atoms with Crippen LogP contribution in [0, 0.1) is 10.1 Å². The first-order valence-corrected chi connectivity index (χ1v) is 8.55. The Balaban J connectivity index is 1.63. The van der Waals surface area contributed by atoms with E-state index in [9.17, 15) is 14.9 Å². The van der Waals surface area contributed by atoms with E-state index in [4.69, 9.17) is 16.3 Å². The summed E-state index contributed by atoms with van der Waals surface area (Å²) in [7, 11) is 0. The summed E-state index contributed by atoms with van der Waals surface area (Å²) in [6.07, 6.45) is 0. The number of nitro groups is 1. The number of nitro benzene ring substituents is 1. The molecule has 2 aromatic rings. The molecule has 1 aliphatic heterocycles. The van der Waals surface area contributed by atoms with Crippen molar-refractivity contribution in [3.63, 3.8) is 0 Å². The van der Waals surface area contributed by atoms with Crippen molar-refractivity contribution >= 4 is 28.9 Å². The predicted octanol–water partition coefficient (Wildman–Crippen LogP) is 3.33. The number of halogens is 1. The molecule has 1 aliphatic rings. The summed E-state index contributed by atoms with van der Waals surface area (Å²) in [4.78, 5) is 24.8. The Morgan fingerprint density at radius 1 is 1.19 bits per heavy atom. The van der Waals surface area contributed by atoms with Gasteiger partial charge in [-0.1, -0.05) is 23.7 Å². The van der Waals surface area contributed by atoms with Crippen molar-refractivity contribution in [2.75, 3.05) is 31.6 Å². The molecule has 2 aromatic carbocycles. The van der Waals surface area contributed by atoms with Crippen molar-refractivity contribution in [3.05, 3.63) is 68.7 Å². The topological polar surface area (TPSA) is 84.7 Å². The fourth-order valence-electron chi connectivity index (χ4n) is 2.71. The van der Waals surface area contributed by atoms with E-state index in [1.54, 1.807) is 0 Å². The Morgan fingerprint density at radius 2 is 1.88 bits per heavy atom. The maximum absolute atomic E-state index is 12.3. The largest absolute Gasteiger partial charge is 0.379 e. The van der Waals surface area contributed by atoms with Crippen molar-refractivity contribution in [1.29, 1.82) is 0 Å². The normalized spacial score (nSPS) is 14.8. The summed E-state index contributed by atoms with van der Waals surface area (Å²) >= 11 is 5.99. The quantitative estimate of drug-likeness (QED) is 0.640. The van der Waals surface area contributed by atoms with Gasteiger partial charge < -0.3 is 10.1 Å². The van der Waals surface area contributed by atoms with Gasteiger partial charge in [0.25, 0.3) is 11.6 Å². The number of hydrogen-bond acceptors (Lipinski definition) is 5. The first kappa shape index (κ1) is 18.3. The number of benzene rings is 2. The van der Waals surface area contributed by atoms with Crippen LogP contribution in [0.25, 0.3) is 0 Å². The minimum atomic E-state index is -0.555. The first-order chi connectivity index (χ1) is 12.5. The second-order valence-electron chi connectivity index (χ2n) is 5.96. The van der Waals surface area contributed by atoms with E-state index in [-0.39, 0.29) is 16.3 Å². The van der Waals surface area contributed by atoms with Gasteiger partial charge in [0.05, 0.1) is 28.7 Å². The van der Waals surface area contributed by atoms with Crippen LogP contribution in [-0.2, 0) is 11.3 Å². The van der Waals surface area contributed by atoms with E-state index in [0.29, 0.717) is 5.69 Å². The van der Waals surface area contributed by atoms with Gasteiger partial charge in [0.2, 0.25) is 0 Å². The number of carbonyl (C=O) groups is 1. The average Bonchev–Trinajstić information content (AvgIpc) is 2.64. The van der Waals surface area contributed by atoms with Crippen LogP contribution in [0.3, 0.4) is 0 Å². The van der Waals surface area contributed by atoms with Crippen molar-refractivity contribution in [1.82, 2.24) is 4.90 Å². The molecule has 1 heterocycles. The number of nitrogens with zero attached hydrogens (tertiary/aromatic N) is 2. The minimum absolute atomic E-state index is 0.0423. The van der Waals surface area contributed by atoms with Crippen molar-refractivity contribution < 1.29 is 14.5 Å². The summed E-state index contributed by atoms with van der Waals surface area (Å²) in [5.74, 6) is -0.411. The molecule has 7 nitrogen and oxygen atoms in total. The van der Waals surface area contributed by atoms with E-state index < -0.39 is 10.8 Å². The van der Waals surface area contributed by atoms with Crippen LogP contribution < -0.4 is 5.32 Å². The standard InChI is InChI=1S/C18H18ClN3O4/c19-17-11-15(22(24)25)5-6-16(17)18(23)20-14-3-1-13(2-4-14)12-21-7-9-26-10-8-21/h1-6,11H,7-10,12H2,(H,20,23). The highest BCUT2D eigenvalue weighted by Crippen LogP contribution is 2.23. The van der Waals surface area contributed by atoms with Crippen molar-refractivity contribution in [3.8, 4) is 0 Å². The third kappa shape index (κ3) is 4.57. The third-order valence-corrected chi connectivity index (χ3v) is 4.44. The lowest BCUT2D eigenvalue weighted by Gasteiger charge is -2.26. The van der Waals surface area contributed by atoms with Gasteiger partial charge in [-0.15, -0.1) is 0 Å². The molecule has 136 valence electrons. The summed E-state index contributed by atoms with van der Waals surface area (Å²) < 4.78 is 5.34. The van der Waals surface area contributed by atoms with Gasteiger partial charge in [0, 0.05) is 37.5 Å². The van der Waals surface area contributed by atoms with E-state index in [0.717, 1.165) is 38.4 Å². The van der Waals surface area contributed by atoms with Gasteiger partial charge in [-0.3, -0.25) is 19.8 Å². The van der Waals surface area contributed by atoms with Crippen LogP contribution in [0.15, 0.2) is 42.5 Å². The smallest absolute Gasteiger partial charge is 0.270 e. The Labute approximate surface area is 155 Å². The van der Waals surface area contributed by atoms with Gasteiger partial charge >= 0.3 is 0 Å². The molecule has 8 heteroatoms. The predicted molar refractivity (Wildman–Crippen MR) is 98.6 cm³/mol. The lowest BCUT2D eigenvalue weighted by Crippen LogP contribution is -2.35. The Morgan fingerprint density at radius 3 is 2.50 bits per heavy atom. The SMILES string of the molecule is O=C(Nc1ccc(CN2CCOCC2)cc1)c1ccc([N+](=O)[O-])cc1Cl. The monoisotopic (exact) mass is 375 g/mol. The van der Waals surface area contributed by atoms with Crippen LogP contribution >= 0.6 is 11.6 Å². The number of ether oxygens (including phenoxy) is 1.